The first-order valence-corrected chi connectivity index (χ1v) is 7.11. The summed E-state index contributed by atoms with van der Waals surface area (Å²) < 4.78 is 39.5. The summed E-state index contributed by atoms with van der Waals surface area (Å²) in [5.41, 5.74) is 0.279. The fourth-order valence-corrected chi connectivity index (χ4v) is 2.86. The molecule has 0 aliphatic carbocycles. The van der Waals surface area contributed by atoms with Gasteiger partial charge in [-0.3, -0.25) is 4.90 Å². The van der Waals surface area contributed by atoms with Crippen LogP contribution < -0.4 is 5.32 Å². The van der Waals surface area contributed by atoms with E-state index in [4.69, 9.17) is 0 Å². The van der Waals surface area contributed by atoms with Crippen molar-refractivity contribution in [2.24, 2.45) is 0 Å². The molecular formula is C15H21F3N2. The molecule has 0 spiro atoms. The fourth-order valence-electron chi connectivity index (χ4n) is 2.86. The monoisotopic (exact) mass is 286 g/mol. The van der Waals surface area contributed by atoms with Crippen molar-refractivity contribution in [3.63, 3.8) is 0 Å². The molecule has 1 aliphatic heterocycles. The van der Waals surface area contributed by atoms with Crippen LogP contribution in [0.2, 0.25) is 0 Å². The molecule has 20 heavy (non-hydrogen) atoms. The van der Waals surface area contributed by atoms with Crippen molar-refractivity contribution in [1.29, 1.82) is 0 Å². The van der Waals surface area contributed by atoms with E-state index in [1.807, 2.05) is 0 Å². The third-order valence-electron chi connectivity index (χ3n) is 3.92. The van der Waals surface area contributed by atoms with Crippen LogP contribution in [0, 0.1) is 0 Å². The lowest BCUT2D eigenvalue weighted by molar-refractivity contribution is -0.158. The summed E-state index contributed by atoms with van der Waals surface area (Å²) in [6.45, 7) is 4.32. The highest BCUT2D eigenvalue weighted by Gasteiger charge is 2.41. The minimum absolute atomic E-state index is 0.216. The molecule has 2 nitrogen and oxygen atoms in total. The molecule has 1 aromatic rings. The Bertz CT molecular complexity index is 405. The van der Waals surface area contributed by atoms with E-state index in [0.29, 0.717) is 6.54 Å². The number of nitrogens with one attached hydrogen (secondary N) is 1. The zero-order chi connectivity index (χ0) is 14.6. The standard InChI is InChI=1S/C15H21F3N2/c1-2-20-10-6-9-13(20)11-19-14(15(16,17)18)12-7-4-3-5-8-12/h3-5,7-8,13-14,19H,2,6,9-11H2,1H3. The predicted octanol–water partition coefficient (Wildman–Crippen LogP) is 3.36. The molecule has 0 aromatic heterocycles. The maximum Gasteiger partial charge on any atom is 0.407 e. The summed E-state index contributed by atoms with van der Waals surface area (Å²) in [6, 6.07) is 6.70. The third-order valence-corrected chi connectivity index (χ3v) is 3.92. The van der Waals surface area contributed by atoms with Crippen LogP contribution in [0.1, 0.15) is 31.4 Å². The highest BCUT2D eigenvalue weighted by atomic mass is 19.4. The molecule has 1 heterocycles. The largest absolute Gasteiger partial charge is 0.407 e. The Morgan fingerprint density at radius 3 is 2.60 bits per heavy atom. The number of halogens is 3. The van der Waals surface area contributed by atoms with E-state index < -0.39 is 12.2 Å². The molecule has 0 radical (unpaired) electrons. The second-order valence-electron chi connectivity index (χ2n) is 5.22. The van der Waals surface area contributed by atoms with Crippen LogP contribution in [0.15, 0.2) is 30.3 Å². The van der Waals surface area contributed by atoms with Crippen LogP contribution >= 0.6 is 0 Å². The van der Waals surface area contributed by atoms with Gasteiger partial charge in [-0.25, -0.2) is 0 Å². The Kier molecular flexibility index (Phi) is 5.05. The second kappa shape index (κ2) is 6.59. The number of benzene rings is 1. The van der Waals surface area contributed by atoms with Gasteiger partial charge in [0, 0.05) is 12.6 Å². The number of hydrogen-bond acceptors (Lipinski definition) is 2. The van der Waals surface area contributed by atoms with Gasteiger partial charge in [0.25, 0.3) is 0 Å². The smallest absolute Gasteiger partial charge is 0.301 e. The van der Waals surface area contributed by atoms with Crippen molar-refractivity contribution in [1.82, 2.24) is 10.2 Å². The topological polar surface area (TPSA) is 15.3 Å². The molecule has 0 amide bonds. The molecule has 1 aromatic carbocycles. The van der Waals surface area contributed by atoms with Crippen LogP contribution in [0.3, 0.4) is 0 Å². The number of likely N-dealkylation sites (tertiary alicyclic amines) is 1. The van der Waals surface area contributed by atoms with Gasteiger partial charge in [0.2, 0.25) is 0 Å². The molecule has 1 N–H and O–H groups in total. The van der Waals surface area contributed by atoms with Gasteiger partial charge in [-0.1, -0.05) is 37.3 Å². The van der Waals surface area contributed by atoms with Crippen LogP contribution in [0.5, 0.6) is 0 Å². The highest BCUT2D eigenvalue weighted by molar-refractivity contribution is 5.20. The molecule has 112 valence electrons. The maximum absolute atomic E-state index is 13.2. The lowest BCUT2D eigenvalue weighted by Gasteiger charge is -2.27. The molecule has 0 bridgehead atoms. The average molecular weight is 286 g/mol. The Morgan fingerprint density at radius 1 is 1.30 bits per heavy atom. The van der Waals surface area contributed by atoms with Crippen LogP contribution in [-0.4, -0.2) is 36.8 Å². The predicted molar refractivity (Wildman–Crippen MR) is 73.5 cm³/mol. The molecule has 2 atom stereocenters. The van der Waals surface area contributed by atoms with Crippen LogP contribution in [0.4, 0.5) is 13.2 Å². The van der Waals surface area contributed by atoms with Gasteiger partial charge in [0.15, 0.2) is 0 Å². The van der Waals surface area contributed by atoms with E-state index in [2.05, 4.69) is 17.1 Å². The van der Waals surface area contributed by atoms with Gasteiger partial charge in [-0.15, -0.1) is 0 Å². The molecule has 1 fully saturated rings. The lowest BCUT2D eigenvalue weighted by atomic mass is 10.1. The first kappa shape index (κ1) is 15.3. The van der Waals surface area contributed by atoms with E-state index in [1.54, 1.807) is 18.2 Å². The quantitative estimate of drug-likeness (QED) is 0.893. The second-order valence-corrected chi connectivity index (χ2v) is 5.22. The van der Waals surface area contributed by atoms with Gasteiger partial charge in [-0.05, 0) is 31.5 Å². The van der Waals surface area contributed by atoms with E-state index in [0.717, 1.165) is 25.9 Å². The summed E-state index contributed by atoms with van der Waals surface area (Å²) in [4.78, 5) is 2.24. The van der Waals surface area contributed by atoms with Crippen molar-refractivity contribution in [2.45, 2.75) is 38.0 Å². The Morgan fingerprint density at radius 2 is 2.00 bits per heavy atom. The number of rotatable bonds is 5. The Hall–Kier alpha value is -1.07. The van der Waals surface area contributed by atoms with Gasteiger partial charge >= 0.3 is 6.18 Å². The van der Waals surface area contributed by atoms with Gasteiger partial charge in [-0.2, -0.15) is 13.2 Å². The van der Waals surface area contributed by atoms with Gasteiger partial charge in [0.05, 0.1) is 0 Å². The maximum atomic E-state index is 13.2. The highest BCUT2D eigenvalue weighted by Crippen LogP contribution is 2.32. The van der Waals surface area contributed by atoms with E-state index in [9.17, 15) is 13.2 Å². The van der Waals surface area contributed by atoms with E-state index >= 15 is 0 Å². The summed E-state index contributed by atoms with van der Waals surface area (Å²) >= 11 is 0. The molecule has 5 heteroatoms. The minimum atomic E-state index is -4.27. The van der Waals surface area contributed by atoms with Crippen molar-refractivity contribution in [3.8, 4) is 0 Å². The minimum Gasteiger partial charge on any atom is -0.301 e. The molecule has 1 aliphatic rings. The Balaban J connectivity index is 2.02. The molecule has 2 rings (SSSR count). The fraction of sp³-hybridized carbons (Fsp3) is 0.600. The number of hydrogen-bond donors (Lipinski definition) is 1. The van der Waals surface area contributed by atoms with Crippen molar-refractivity contribution in [3.05, 3.63) is 35.9 Å². The van der Waals surface area contributed by atoms with Gasteiger partial charge in [0.1, 0.15) is 6.04 Å². The summed E-state index contributed by atoms with van der Waals surface area (Å²) in [5, 5.41) is 2.72. The zero-order valence-electron chi connectivity index (χ0n) is 11.7. The lowest BCUT2D eigenvalue weighted by Crippen LogP contribution is -2.42. The summed E-state index contributed by atoms with van der Waals surface area (Å²) in [6.07, 6.45) is -2.22. The number of likely N-dealkylation sites (N-methyl/N-ethyl adjacent to an activating group) is 1. The molecular weight excluding hydrogens is 265 g/mol. The molecule has 0 saturated carbocycles. The van der Waals surface area contributed by atoms with Crippen molar-refractivity contribution in [2.75, 3.05) is 19.6 Å². The average Bonchev–Trinajstić information content (AvgIpc) is 2.86. The Labute approximate surface area is 118 Å². The van der Waals surface area contributed by atoms with E-state index in [1.165, 1.54) is 12.1 Å². The van der Waals surface area contributed by atoms with Crippen molar-refractivity contribution < 1.29 is 13.2 Å². The first-order valence-electron chi connectivity index (χ1n) is 7.11. The number of alkyl halides is 3. The number of nitrogens with zero attached hydrogens (tertiary/aromatic N) is 1. The zero-order valence-corrected chi connectivity index (χ0v) is 11.7. The normalized spacial score (nSPS) is 22.1. The summed E-state index contributed by atoms with van der Waals surface area (Å²) in [5.74, 6) is 0. The van der Waals surface area contributed by atoms with Gasteiger partial charge < -0.3 is 5.32 Å². The van der Waals surface area contributed by atoms with E-state index in [-0.39, 0.29) is 11.6 Å². The molecule has 2 unspecified atom stereocenters. The van der Waals surface area contributed by atoms with Crippen molar-refractivity contribution >= 4 is 0 Å². The summed E-state index contributed by atoms with van der Waals surface area (Å²) in [7, 11) is 0. The van der Waals surface area contributed by atoms with Crippen LogP contribution in [0.25, 0.3) is 0 Å². The molecule has 1 saturated heterocycles. The first-order chi connectivity index (χ1) is 9.52. The van der Waals surface area contributed by atoms with Crippen LogP contribution in [-0.2, 0) is 0 Å². The third kappa shape index (κ3) is 3.73. The SMILES string of the molecule is CCN1CCCC1CNC(c1ccccc1)C(F)(F)F.